The maximum absolute atomic E-state index is 14.2. The van der Waals surface area contributed by atoms with E-state index in [0.29, 0.717) is 22.1 Å². The van der Waals surface area contributed by atoms with E-state index in [0.717, 1.165) is 5.01 Å². The molecule has 0 unspecified atom stereocenters. The molecular formula is C14H15FN6S. The second kappa shape index (κ2) is 5.90. The summed E-state index contributed by atoms with van der Waals surface area (Å²) >= 11 is 1.41. The average Bonchev–Trinajstić information content (AvgIpc) is 3.14. The standard InChI is InChI=1S/C14H15FN6S/c1-8(2)13-18-19-14(22-13)21-12(11(7-16)17-20-21)9-5-3-4-6-10(9)15/h3-6,8H,7,16H2,1-2H3. The molecule has 0 saturated carbocycles. The Morgan fingerprint density at radius 3 is 2.64 bits per heavy atom. The van der Waals surface area contributed by atoms with E-state index in [-0.39, 0.29) is 18.3 Å². The second-order valence-electron chi connectivity index (χ2n) is 5.06. The van der Waals surface area contributed by atoms with Crippen molar-refractivity contribution in [2.75, 3.05) is 0 Å². The molecule has 3 aromatic rings. The van der Waals surface area contributed by atoms with Crippen molar-refractivity contribution in [1.29, 1.82) is 0 Å². The summed E-state index contributed by atoms with van der Waals surface area (Å²) in [5, 5.41) is 17.8. The molecule has 0 radical (unpaired) electrons. The van der Waals surface area contributed by atoms with Gasteiger partial charge in [-0.1, -0.05) is 42.5 Å². The third-order valence-corrected chi connectivity index (χ3v) is 4.37. The van der Waals surface area contributed by atoms with Gasteiger partial charge >= 0.3 is 0 Å². The summed E-state index contributed by atoms with van der Waals surface area (Å²) in [6, 6.07) is 6.47. The summed E-state index contributed by atoms with van der Waals surface area (Å²) in [4.78, 5) is 0. The Balaban J connectivity index is 2.17. The monoisotopic (exact) mass is 318 g/mol. The van der Waals surface area contributed by atoms with E-state index >= 15 is 0 Å². The molecule has 0 saturated heterocycles. The summed E-state index contributed by atoms with van der Waals surface area (Å²) < 4.78 is 15.7. The molecule has 0 aliphatic carbocycles. The van der Waals surface area contributed by atoms with Crippen LogP contribution in [-0.2, 0) is 6.54 Å². The van der Waals surface area contributed by atoms with Crippen molar-refractivity contribution in [2.24, 2.45) is 5.73 Å². The van der Waals surface area contributed by atoms with E-state index in [1.807, 2.05) is 13.8 Å². The van der Waals surface area contributed by atoms with Crippen molar-refractivity contribution >= 4 is 11.3 Å². The predicted octanol–water partition coefficient (Wildman–Crippen LogP) is 2.51. The number of hydrogen-bond donors (Lipinski definition) is 1. The first-order valence-corrected chi connectivity index (χ1v) is 7.66. The molecule has 0 amide bonds. The van der Waals surface area contributed by atoms with Gasteiger partial charge in [0.2, 0.25) is 5.13 Å². The lowest BCUT2D eigenvalue weighted by Gasteiger charge is -2.05. The second-order valence-corrected chi connectivity index (χ2v) is 6.05. The molecule has 2 aromatic heterocycles. The molecule has 22 heavy (non-hydrogen) atoms. The van der Waals surface area contributed by atoms with Crippen LogP contribution in [-0.4, -0.2) is 25.2 Å². The van der Waals surface area contributed by atoms with Gasteiger partial charge in [0.25, 0.3) is 0 Å². The fraction of sp³-hybridized carbons (Fsp3) is 0.286. The van der Waals surface area contributed by atoms with E-state index in [9.17, 15) is 4.39 Å². The van der Waals surface area contributed by atoms with Crippen molar-refractivity contribution in [1.82, 2.24) is 25.2 Å². The molecular weight excluding hydrogens is 303 g/mol. The lowest BCUT2D eigenvalue weighted by Crippen LogP contribution is -2.03. The van der Waals surface area contributed by atoms with Crippen LogP contribution in [0.1, 0.15) is 30.5 Å². The fourth-order valence-electron chi connectivity index (χ4n) is 2.05. The minimum Gasteiger partial charge on any atom is -0.325 e. The van der Waals surface area contributed by atoms with Crippen LogP contribution < -0.4 is 5.73 Å². The summed E-state index contributed by atoms with van der Waals surface area (Å²) in [6.45, 7) is 4.24. The van der Waals surface area contributed by atoms with Gasteiger partial charge in [-0.25, -0.2) is 4.39 Å². The number of aromatic nitrogens is 5. The molecule has 0 aliphatic rings. The highest BCUT2D eigenvalue weighted by atomic mass is 32.1. The minimum absolute atomic E-state index is 0.166. The zero-order valence-corrected chi connectivity index (χ0v) is 13.0. The van der Waals surface area contributed by atoms with Gasteiger partial charge in [-0.2, -0.15) is 4.68 Å². The van der Waals surface area contributed by atoms with Crippen LogP contribution in [0.4, 0.5) is 4.39 Å². The van der Waals surface area contributed by atoms with E-state index in [1.54, 1.807) is 18.2 Å². The van der Waals surface area contributed by atoms with Crippen LogP contribution in [0.2, 0.25) is 0 Å². The highest BCUT2D eigenvalue weighted by Crippen LogP contribution is 2.29. The van der Waals surface area contributed by atoms with Crippen molar-refractivity contribution in [3.63, 3.8) is 0 Å². The van der Waals surface area contributed by atoms with Gasteiger partial charge in [0.05, 0.1) is 0 Å². The summed E-state index contributed by atoms with van der Waals surface area (Å²) in [5.74, 6) is -0.0880. The maximum atomic E-state index is 14.2. The van der Waals surface area contributed by atoms with Gasteiger partial charge in [0.15, 0.2) is 0 Å². The van der Waals surface area contributed by atoms with Crippen molar-refractivity contribution < 1.29 is 4.39 Å². The molecule has 114 valence electrons. The highest BCUT2D eigenvalue weighted by Gasteiger charge is 2.21. The number of rotatable bonds is 4. The quantitative estimate of drug-likeness (QED) is 0.799. The van der Waals surface area contributed by atoms with Crippen LogP contribution in [0.5, 0.6) is 0 Å². The van der Waals surface area contributed by atoms with Crippen LogP contribution >= 0.6 is 11.3 Å². The number of nitrogens with two attached hydrogens (primary N) is 1. The lowest BCUT2D eigenvalue weighted by molar-refractivity contribution is 0.629. The maximum Gasteiger partial charge on any atom is 0.234 e. The molecule has 2 heterocycles. The third-order valence-electron chi connectivity index (χ3n) is 3.17. The zero-order valence-electron chi connectivity index (χ0n) is 12.2. The summed E-state index contributed by atoms with van der Waals surface area (Å²) in [6.07, 6.45) is 0. The van der Waals surface area contributed by atoms with Crippen LogP contribution in [0.25, 0.3) is 16.4 Å². The first-order valence-electron chi connectivity index (χ1n) is 6.85. The Hall–Kier alpha value is -2.19. The minimum atomic E-state index is -0.352. The Morgan fingerprint density at radius 2 is 2.00 bits per heavy atom. The van der Waals surface area contributed by atoms with Gasteiger partial charge in [0.1, 0.15) is 22.2 Å². The zero-order chi connectivity index (χ0) is 15.7. The highest BCUT2D eigenvalue weighted by molar-refractivity contribution is 7.13. The van der Waals surface area contributed by atoms with Gasteiger partial charge < -0.3 is 5.73 Å². The van der Waals surface area contributed by atoms with Gasteiger partial charge in [-0.3, -0.25) is 0 Å². The molecule has 0 aliphatic heterocycles. The largest absolute Gasteiger partial charge is 0.325 e. The van der Waals surface area contributed by atoms with Crippen molar-refractivity contribution in [2.45, 2.75) is 26.3 Å². The van der Waals surface area contributed by atoms with E-state index in [2.05, 4.69) is 20.5 Å². The third kappa shape index (κ3) is 2.51. The predicted molar refractivity (Wildman–Crippen MR) is 82.2 cm³/mol. The normalized spacial score (nSPS) is 11.3. The Morgan fingerprint density at radius 1 is 1.23 bits per heavy atom. The van der Waals surface area contributed by atoms with Gasteiger partial charge in [-0.15, -0.1) is 15.3 Å². The Bertz CT molecular complexity index is 794. The van der Waals surface area contributed by atoms with Crippen molar-refractivity contribution in [3.8, 4) is 16.4 Å². The average molecular weight is 318 g/mol. The number of nitrogens with zero attached hydrogens (tertiary/aromatic N) is 5. The Kier molecular flexibility index (Phi) is 3.95. The number of benzene rings is 1. The van der Waals surface area contributed by atoms with Gasteiger partial charge in [-0.05, 0) is 12.1 Å². The summed E-state index contributed by atoms with van der Waals surface area (Å²) in [5.41, 5.74) is 7.15. The molecule has 1 aromatic carbocycles. The molecule has 0 spiro atoms. The van der Waals surface area contributed by atoms with Crippen LogP contribution in [0.15, 0.2) is 24.3 Å². The first kappa shape index (κ1) is 14.7. The number of halogens is 1. The van der Waals surface area contributed by atoms with Crippen LogP contribution in [0.3, 0.4) is 0 Å². The van der Waals surface area contributed by atoms with E-state index in [4.69, 9.17) is 5.73 Å². The van der Waals surface area contributed by atoms with Crippen molar-refractivity contribution in [3.05, 3.63) is 40.8 Å². The molecule has 0 fully saturated rings. The first-order chi connectivity index (χ1) is 10.6. The van der Waals surface area contributed by atoms with E-state index in [1.165, 1.54) is 22.1 Å². The number of hydrogen-bond acceptors (Lipinski definition) is 6. The van der Waals surface area contributed by atoms with Crippen LogP contribution in [0, 0.1) is 5.82 Å². The van der Waals surface area contributed by atoms with Gasteiger partial charge in [0, 0.05) is 18.0 Å². The Labute approximate surface area is 130 Å². The van der Waals surface area contributed by atoms with E-state index < -0.39 is 0 Å². The molecule has 2 N–H and O–H groups in total. The molecule has 0 bridgehead atoms. The fourth-order valence-corrected chi connectivity index (χ4v) is 2.85. The molecule has 8 heteroatoms. The molecule has 3 rings (SSSR count). The SMILES string of the molecule is CC(C)c1nnc(-n2nnc(CN)c2-c2ccccc2F)s1. The smallest absolute Gasteiger partial charge is 0.234 e. The lowest BCUT2D eigenvalue weighted by atomic mass is 10.1. The summed E-state index contributed by atoms with van der Waals surface area (Å²) in [7, 11) is 0. The topological polar surface area (TPSA) is 82.5 Å². The molecule has 0 atom stereocenters. The molecule has 6 nitrogen and oxygen atoms in total.